The van der Waals surface area contributed by atoms with Crippen LogP contribution in [0.2, 0.25) is 0 Å². The molecule has 0 saturated carbocycles. The second kappa shape index (κ2) is 29.8. The second-order valence-electron chi connectivity index (χ2n) is 16.8. The smallest absolute Gasteiger partial charge is 0.306 e. The molecule has 0 spiro atoms. The van der Waals surface area contributed by atoms with Crippen molar-refractivity contribution in [1.29, 1.82) is 0 Å². The molecule has 10 nitrogen and oxygen atoms in total. The van der Waals surface area contributed by atoms with E-state index in [-0.39, 0.29) is 64.4 Å². The van der Waals surface area contributed by atoms with Gasteiger partial charge in [0.25, 0.3) is 0 Å². The molecule has 1 saturated heterocycles. The number of ether oxygens (including phenoxy) is 8. The van der Waals surface area contributed by atoms with E-state index in [0.29, 0.717) is 13.0 Å². The van der Waals surface area contributed by atoms with E-state index in [1.807, 2.05) is 121 Å². The van der Waals surface area contributed by atoms with Crippen LogP contribution in [-0.2, 0) is 73.9 Å². The maximum atomic E-state index is 13.4. The van der Waals surface area contributed by atoms with Crippen molar-refractivity contribution in [2.24, 2.45) is 0 Å². The van der Waals surface area contributed by atoms with Crippen LogP contribution in [0.5, 0.6) is 0 Å². The molecule has 352 valence electrons. The maximum Gasteiger partial charge on any atom is 0.306 e. The summed E-state index contributed by atoms with van der Waals surface area (Å²) in [4.78, 5) is 26.4. The molecule has 10 heteroatoms. The maximum absolute atomic E-state index is 13.4. The zero-order valence-electron chi connectivity index (χ0n) is 38.7. The van der Waals surface area contributed by atoms with Crippen molar-refractivity contribution >= 4 is 11.9 Å². The van der Waals surface area contributed by atoms with Crippen molar-refractivity contribution in [1.82, 2.24) is 0 Å². The van der Waals surface area contributed by atoms with Gasteiger partial charge in [-0.1, -0.05) is 193 Å². The molecule has 0 aliphatic carbocycles. The van der Waals surface area contributed by atoms with Gasteiger partial charge in [0.2, 0.25) is 5.79 Å². The Morgan fingerprint density at radius 2 is 1.05 bits per heavy atom. The van der Waals surface area contributed by atoms with Crippen LogP contribution in [0.1, 0.15) is 113 Å². The Hall–Kier alpha value is -4.68. The summed E-state index contributed by atoms with van der Waals surface area (Å²) in [7, 11) is 0. The molecule has 1 fully saturated rings. The molecule has 0 aromatic heterocycles. The van der Waals surface area contributed by atoms with Gasteiger partial charge < -0.3 is 37.9 Å². The normalized spacial score (nSPS) is 19.9. The summed E-state index contributed by atoms with van der Waals surface area (Å²) in [5, 5.41) is 0. The fraction of sp³-hybridized carbons (Fsp3) is 0.491. The summed E-state index contributed by atoms with van der Waals surface area (Å²) >= 11 is 0. The van der Waals surface area contributed by atoms with Crippen molar-refractivity contribution in [2.45, 2.75) is 154 Å². The first-order chi connectivity index (χ1) is 31.9. The largest absolute Gasteiger partial charge is 0.462 e. The number of hydrogen-bond acceptors (Lipinski definition) is 10. The summed E-state index contributed by atoms with van der Waals surface area (Å²) in [6.45, 7) is 9.34. The highest BCUT2D eigenvalue weighted by molar-refractivity contribution is 5.70. The predicted octanol–water partition coefficient (Wildman–Crippen LogP) is 11.4. The van der Waals surface area contributed by atoms with Gasteiger partial charge in [-0.2, -0.15) is 0 Å². The molecule has 1 heterocycles. The van der Waals surface area contributed by atoms with Crippen LogP contribution in [0.4, 0.5) is 0 Å². The van der Waals surface area contributed by atoms with Gasteiger partial charge in [-0.15, -0.1) is 0 Å². The number of carbonyl (C=O) groups is 2. The SMILES string of the molecule is C=C[C@]1(OCC(COC(=O)CCCCCCC)OC(=O)CCCCCCC)OC(COCc2ccccc2)[C@@H](OCc2ccccc2)[C@@H](OCc2ccccc2)C1OCc1ccccc1. The van der Waals surface area contributed by atoms with Crippen LogP contribution in [-0.4, -0.2) is 68.1 Å². The van der Waals surface area contributed by atoms with Gasteiger partial charge in [0.05, 0.1) is 39.6 Å². The van der Waals surface area contributed by atoms with Crippen LogP contribution in [0.3, 0.4) is 0 Å². The van der Waals surface area contributed by atoms with Crippen molar-refractivity contribution in [3.8, 4) is 0 Å². The molecule has 1 aliphatic rings. The van der Waals surface area contributed by atoms with Crippen LogP contribution in [0, 0.1) is 0 Å². The van der Waals surface area contributed by atoms with E-state index in [2.05, 4.69) is 20.4 Å². The summed E-state index contributed by atoms with van der Waals surface area (Å²) < 4.78 is 52.8. The first-order valence-electron chi connectivity index (χ1n) is 23.8. The van der Waals surface area contributed by atoms with Crippen molar-refractivity contribution in [3.05, 3.63) is 156 Å². The standard InChI is InChI=1S/C55H72O10/c1-4-7-9-11-25-35-50(56)59-41-48(64-51(57)36-26-12-10-8-5-2)42-63-55(6-3)54(62-40-47-33-23-16-24-34-47)53(61-39-46-31-21-15-22-32-46)52(60-38-45-29-19-14-20-30-45)49(65-55)43-58-37-44-27-17-13-18-28-44/h6,13-24,27-34,48-49,52-54H,3-5,7-12,25-26,35-43H2,1-2H3/t48?,49?,52-,53-,54?,55+/m1/s1. The quantitative estimate of drug-likeness (QED) is 0.0267. The molecular formula is C55H72O10. The van der Waals surface area contributed by atoms with E-state index >= 15 is 0 Å². The van der Waals surface area contributed by atoms with Gasteiger partial charge in [-0.05, 0) is 41.2 Å². The van der Waals surface area contributed by atoms with Crippen molar-refractivity contribution in [2.75, 3.05) is 19.8 Å². The minimum atomic E-state index is -1.68. The highest BCUT2D eigenvalue weighted by atomic mass is 16.7. The predicted molar refractivity (Wildman–Crippen MR) is 252 cm³/mol. The highest BCUT2D eigenvalue weighted by Gasteiger charge is 2.57. The third kappa shape index (κ3) is 18.3. The Balaban J connectivity index is 1.47. The molecule has 6 atom stereocenters. The van der Waals surface area contributed by atoms with E-state index in [1.54, 1.807) is 6.08 Å². The molecule has 5 rings (SSSR count). The average molecular weight is 893 g/mol. The molecule has 3 unspecified atom stereocenters. The third-order valence-electron chi connectivity index (χ3n) is 11.4. The summed E-state index contributed by atoms with van der Waals surface area (Å²) in [6, 6.07) is 39.6. The molecule has 0 N–H and O–H groups in total. The summed E-state index contributed by atoms with van der Waals surface area (Å²) in [5.41, 5.74) is 3.86. The highest BCUT2D eigenvalue weighted by Crippen LogP contribution is 2.39. The second-order valence-corrected chi connectivity index (χ2v) is 16.8. The number of esters is 2. The lowest BCUT2D eigenvalue weighted by molar-refractivity contribution is -0.366. The molecule has 65 heavy (non-hydrogen) atoms. The minimum absolute atomic E-state index is 0.107. The monoisotopic (exact) mass is 893 g/mol. The molecule has 1 aliphatic heterocycles. The van der Waals surface area contributed by atoms with Gasteiger partial charge in [0, 0.05) is 12.8 Å². The van der Waals surface area contributed by atoms with Crippen LogP contribution >= 0.6 is 0 Å². The molecule has 4 aromatic rings. The van der Waals surface area contributed by atoms with Gasteiger partial charge in [-0.25, -0.2) is 0 Å². The van der Waals surface area contributed by atoms with E-state index in [1.165, 1.54) is 0 Å². The Labute approximate surface area is 387 Å². The fourth-order valence-corrected chi connectivity index (χ4v) is 7.80. The lowest BCUT2D eigenvalue weighted by atomic mass is 9.91. The number of carbonyl (C=O) groups excluding carboxylic acids is 2. The Bertz CT molecular complexity index is 1880. The van der Waals surface area contributed by atoms with Gasteiger partial charge >= 0.3 is 11.9 Å². The van der Waals surface area contributed by atoms with E-state index in [9.17, 15) is 9.59 Å². The molecular weight excluding hydrogens is 821 g/mol. The van der Waals surface area contributed by atoms with Crippen molar-refractivity contribution < 1.29 is 47.5 Å². The Morgan fingerprint density at radius 3 is 1.55 bits per heavy atom. The third-order valence-corrected chi connectivity index (χ3v) is 11.4. The van der Waals surface area contributed by atoms with Crippen LogP contribution in [0.25, 0.3) is 0 Å². The van der Waals surface area contributed by atoms with Crippen LogP contribution in [0.15, 0.2) is 134 Å². The number of hydrogen-bond donors (Lipinski definition) is 0. The van der Waals surface area contributed by atoms with Crippen molar-refractivity contribution in [3.63, 3.8) is 0 Å². The topological polar surface area (TPSA) is 108 Å². The molecule has 0 bridgehead atoms. The molecule has 4 aromatic carbocycles. The average Bonchev–Trinajstić information content (AvgIpc) is 3.34. The van der Waals surface area contributed by atoms with Gasteiger partial charge in [0.15, 0.2) is 6.10 Å². The van der Waals surface area contributed by atoms with E-state index in [0.717, 1.165) is 80.0 Å². The number of unbranched alkanes of at least 4 members (excludes halogenated alkanes) is 8. The first-order valence-corrected chi connectivity index (χ1v) is 23.8. The minimum Gasteiger partial charge on any atom is -0.462 e. The molecule has 0 radical (unpaired) electrons. The zero-order chi connectivity index (χ0) is 45.8. The van der Waals surface area contributed by atoms with E-state index < -0.39 is 36.3 Å². The Kier molecular flexibility index (Phi) is 23.5. The van der Waals surface area contributed by atoms with E-state index in [4.69, 9.17) is 37.9 Å². The lowest BCUT2D eigenvalue weighted by Crippen LogP contribution is -2.67. The van der Waals surface area contributed by atoms with Gasteiger partial charge in [0.1, 0.15) is 31.0 Å². The van der Waals surface area contributed by atoms with Gasteiger partial charge in [-0.3, -0.25) is 9.59 Å². The summed E-state index contributed by atoms with van der Waals surface area (Å²) in [6.07, 6.45) is 7.83. The summed E-state index contributed by atoms with van der Waals surface area (Å²) in [5.74, 6) is -2.41. The molecule has 0 amide bonds. The lowest BCUT2D eigenvalue weighted by Gasteiger charge is -2.51. The first kappa shape index (κ1) is 51.3. The number of rotatable bonds is 32. The van der Waals surface area contributed by atoms with Crippen LogP contribution < -0.4 is 0 Å². The fourth-order valence-electron chi connectivity index (χ4n) is 7.80. The Morgan fingerprint density at radius 1 is 0.585 bits per heavy atom. The number of benzene rings is 4. The zero-order valence-corrected chi connectivity index (χ0v) is 38.7.